The van der Waals surface area contributed by atoms with Crippen molar-refractivity contribution in [1.82, 2.24) is 5.16 Å². The van der Waals surface area contributed by atoms with Crippen molar-refractivity contribution >= 4 is 35.2 Å². The van der Waals surface area contributed by atoms with Crippen LogP contribution in [0.15, 0.2) is 63.7 Å². The lowest BCUT2D eigenvalue weighted by Gasteiger charge is -2.03. The molecule has 144 valence electrons. The molecule has 0 spiro atoms. The molecule has 0 unspecified atom stereocenters. The van der Waals surface area contributed by atoms with E-state index in [0.717, 1.165) is 0 Å². The highest BCUT2D eigenvalue weighted by atomic mass is 35.5. The molecule has 0 saturated carbocycles. The zero-order valence-corrected chi connectivity index (χ0v) is 15.7. The molecule has 0 aliphatic carbocycles. The predicted molar refractivity (Wildman–Crippen MR) is 105 cm³/mol. The van der Waals surface area contributed by atoms with Crippen LogP contribution in [0.25, 0.3) is 17.3 Å². The molecule has 2 aromatic carbocycles. The number of hydrogen-bond donors (Lipinski definition) is 0. The molecule has 0 saturated heterocycles. The maximum atomic E-state index is 12.3. The molecule has 0 atom stereocenters. The quantitative estimate of drug-likeness (QED) is 0.270. The van der Waals surface area contributed by atoms with Crippen LogP contribution >= 0.6 is 11.6 Å². The van der Waals surface area contributed by atoms with Gasteiger partial charge in [-0.15, -0.1) is 0 Å². The molecule has 4 rings (SSSR count). The Morgan fingerprint density at radius 1 is 1.14 bits per heavy atom. The second-order valence-corrected chi connectivity index (χ2v) is 6.53. The van der Waals surface area contributed by atoms with E-state index >= 15 is 0 Å². The van der Waals surface area contributed by atoms with Gasteiger partial charge >= 0.3 is 5.97 Å². The van der Waals surface area contributed by atoms with E-state index in [9.17, 15) is 14.9 Å². The molecule has 1 aliphatic heterocycles. The monoisotopic (exact) mass is 409 g/mol. The SMILES string of the molecule is Cc1onc(-c2ccccc2Cl)c1C1=NC(=Cc2ccc([N+](=O)[O-])cc2)C(=O)O1. The van der Waals surface area contributed by atoms with E-state index in [0.29, 0.717) is 33.2 Å². The summed E-state index contributed by atoms with van der Waals surface area (Å²) in [4.78, 5) is 26.8. The first-order chi connectivity index (χ1) is 13.9. The van der Waals surface area contributed by atoms with Gasteiger partial charge in [-0.25, -0.2) is 9.79 Å². The molecule has 0 radical (unpaired) electrons. The van der Waals surface area contributed by atoms with Crippen LogP contribution in [0, 0.1) is 17.0 Å². The number of cyclic esters (lactones) is 1. The molecule has 0 fully saturated rings. The highest BCUT2D eigenvalue weighted by molar-refractivity contribution is 6.33. The third kappa shape index (κ3) is 3.53. The van der Waals surface area contributed by atoms with Crippen molar-refractivity contribution in [2.45, 2.75) is 6.92 Å². The van der Waals surface area contributed by atoms with Gasteiger partial charge in [0.15, 0.2) is 5.70 Å². The largest absolute Gasteiger partial charge is 0.402 e. The molecule has 0 N–H and O–H groups in total. The van der Waals surface area contributed by atoms with Gasteiger partial charge < -0.3 is 9.26 Å². The number of non-ortho nitro benzene ring substituents is 1. The van der Waals surface area contributed by atoms with Gasteiger partial charge in [0.05, 0.1) is 9.95 Å². The van der Waals surface area contributed by atoms with Gasteiger partial charge in [0.1, 0.15) is 17.0 Å². The molecule has 2 heterocycles. The van der Waals surface area contributed by atoms with Crippen LogP contribution in [0.3, 0.4) is 0 Å². The summed E-state index contributed by atoms with van der Waals surface area (Å²) in [6.45, 7) is 1.68. The minimum atomic E-state index is -0.649. The van der Waals surface area contributed by atoms with E-state index in [-0.39, 0.29) is 17.3 Å². The fraction of sp³-hybridized carbons (Fsp3) is 0.0500. The number of carbonyl (C=O) groups is 1. The minimum absolute atomic E-state index is 0.0465. The van der Waals surface area contributed by atoms with Crippen LogP contribution < -0.4 is 0 Å². The molecule has 1 aliphatic rings. The van der Waals surface area contributed by atoms with Crippen LogP contribution in [0.5, 0.6) is 0 Å². The number of halogens is 1. The van der Waals surface area contributed by atoms with E-state index in [1.807, 2.05) is 0 Å². The van der Waals surface area contributed by atoms with Gasteiger partial charge in [-0.05, 0) is 36.8 Å². The highest BCUT2D eigenvalue weighted by Gasteiger charge is 2.30. The van der Waals surface area contributed by atoms with Crippen LogP contribution in [-0.4, -0.2) is 21.9 Å². The Hall–Kier alpha value is -3.78. The fourth-order valence-corrected chi connectivity index (χ4v) is 3.05. The van der Waals surface area contributed by atoms with Crippen molar-refractivity contribution in [3.8, 4) is 11.3 Å². The Morgan fingerprint density at radius 2 is 1.86 bits per heavy atom. The zero-order valence-electron chi connectivity index (χ0n) is 15.0. The molecular weight excluding hydrogens is 398 g/mol. The van der Waals surface area contributed by atoms with Gasteiger partial charge in [-0.3, -0.25) is 10.1 Å². The van der Waals surface area contributed by atoms with E-state index in [1.54, 1.807) is 31.2 Å². The summed E-state index contributed by atoms with van der Waals surface area (Å²) in [6, 6.07) is 12.8. The third-order valence-electron chi connectivity index (χ3n) is 4.23. The summed E-state index contributed by atoms with van der Waals surface area (Å²) in [5.74, 6) is -0.177. The molecule has 1 aromatic heterocycles. The van der Waals surface area contributed by atoms with E-state index in [2.05, 4.69) is 10.1 Å². The Balaban J connectivity index is 1.73. The summed E-state index contributed by atoms with van der Waals surface area (Å²) in [7, 11) is 0. The van der Waals surface area contributed by atoms with E-state index < -0.39 is 10.9 Å². The van der Waals surface area contributed by atoms with Crippen LogP contribution in [0.2, 0.25) is 5.02 Å². The Bertz CT molecular complexity index is 1200. The van der Waals surface area contributed by atoms with Crippen molar-refractivity contribution < 1.29 is 19.0 Å². The smallest absolute Gasteiger partial charge is 0.363 e. The first kappa shape index (κ1) is 18.6. The van der Waals surface area contributed by atoms with Crippen molar-refractivity contribution in [2.24, 2.45) is 4.99 Å². The van der Waals surface area contributed by atoms with Crippen LogP contribution in [0.1, 0.15) is 16.9 Å². The number of carbonyl (C=O) groups excluding carboxylic acids is 1. The summed E-state index contributed by atoms with van der Waals surface area (Å²) in [5, 5.41) is 15.3. The van der Waals surface area contributed by atoms with Crippen molar-refractivity contribution in [3.05, 3.63) is 86.3 Å². The molecule has 0 bridgehead atoms. The van der Waals surface area contributed by atoms with Gasteiger partial charge in [-0.2, -0.15) is 0 Å². The number of aliphatic imine (C=N–C) groups is 1. The Kier molecular flexibility index (Phi) is 4.69. The topological polar surface area (TPSA) is 108 Å². The first-order valence-corrected chi connectivity index (χ1v) is 8.80. The highest BCUT2D eigenvalue weighted by Crippen LogP contribution is 2.33. The Labute approximate surface area is 169 Å². The summed E-state index contributed by atoms with van der Waals surface area (Å²) in [5.41, 5.74) is 2.04. The van der Waals surface area contributed by atoms with Crippen molar-refractivity contribution in [2.75, 3.05) is 0 Å². The van der Waals surface area contributed by atoms with Crippen LogP contribution in [0.4, 0.5) is 5.69 Å². The minimum Gasteiger partial charge on any atom is -0.402 e. The number of esters is 1. The number of benzene rings is 2. The number of aromatic nitrogens is 1. The average molecular weight is 410 g/mol. The molecule has 9 heteroatoms. The van der Waals surface area contributed by atoms with E-state index in [1.165, 1.54) is 30.3 Å². The maximum Gasteiger partial charge on any atom is 0.363 e. The number of aryl methyl sites for hydroxylation is 1. The Morgan fingerprint density at radius 3 is 2.55 bits per heavy atom. The lowest BCUT2D eigenvalue weighted by atomic mass is 10.1. The first-order valence-electron chi connectivity index (χ1n) is 8.42. The summed E-state index contributed by atoms with van der Waals surface area (Å²) >= 11 is 6.26. The van der Waals surface area contributed by atoms with Gasteiger partial charge in [0.25, 0.3) is 5.69 Å². The van der Waals surface area contributed by atoms with Gasteiger partial charge in [-0.1, -0.05) is 35.0 Å². The molecule has 8 nitrogen and oxygen atoms in total. The summed E-state index contributed by atoms with van der Waals surface area (Å²) < 4.78 is 10.6. The number of nitro benzene ring substituents is 1. The number of nitro groups is 1. The lowest BCUT2D eigenvalue weighted by molar-refractivity contribution is -0.384. The van der Waals surface area contributed by atoms with Crippen molar-refractivity contribution in [3.63, 3.8) is 0 Å². The predicted octanol–water partition coefficient (Wildman–Crippen LogP) is 4.56. The normalized spacial score (nSPS) is 14.8. The second-order valence-electron chi connectivity index (χ2n) is 6.13. The van der Waals surface area contributed by atoms with E-state index in [4.69, 9.17) is 20.9 Å². The van der Waals surface area contributed by atoms with Crippen molar-refractivity contribution in [1.29, 1.82) is 0 Å². The molecule has 29 heavy (non-hydrogen) atoms. The number of ether oxygens (including phenoxy) is 1. The zero-order chi connectivity index (χ0) is 20.5. The molecule has 0 amide bonds. The summed E-state index contributed by atoms with van der Waals surface area (Å²) in [6.07, 6.45) is 1.48. The number of nitrogens with zero attached hydrogens (tertiary/aromatic N) is 3. The average Bonchev–Trinajstić information content (AvgIpc) is 3.25. The second kappa shape index (κ2) is 7.33. The molecular formula is C20H12ClN3O5. The fourth-order valence-electron chi connectivity index (χ4n) is 2.83. The third-order valence-corrected chi connectivity index (χ3v) is 4.56. The van der Waals surface area contributed by atoms with Gasteiger partial charge in [0.2, 0.25) is 5.90 Å². The number of hydrogen-bond acceptors (Lipinski definition) is 7. The van der Waals surface area contributed by atoms with Crippen LogP contribution in [-0.2, 0) is 9.53 Å². The van der Waals surface area contributed by atoms with Gasteiger partial charge in [0, 0.05) is 17.7 Å². The number of rotatable bonds is 4. The standard InChI is InChI=1S/C20H12ClN3O5/c1-11-17(18(23-29-11)14-4-2-3-5-15(14)21)19-22-16(20(25)28-19)10-12-6-8-13(9-7-12)24(26)27/h2-10H,1H3. The molecule has 3 aromatic rings. The maximum absolute atomic E-state index is 12.3. The lowest BCUT2D eigenvalue weighted by Crippen LogP contribution is -2.07.